The van der Waals surface area contributed by atoms with Crippen molar-refractivity contribution in [3.63, 3.8) is 0 Å². The molecule has 204 valence electrons. The first-order valence-corrected chi connectivity index (χ1v) is 12.7. The second kappa shape index (κ2) is 13.1. The van der Waals surface area contributed by atoms with Gasteiger partial charge in [0.1, 0.15) is 23.3 Å². The van der Waals surface area contributed by atoms with Gasteiger partial charge in [-0.1, -0.05) is 12.1 Å². The third-order valence-electron chi connectivity index (χ3n) is 5.62. The molecule has 0 spiro atoms. The van der Waals surface area contributed by atoms with E-state index in [4.69, 9.17) is 29.5 Å². The minimum absolute atomic E-state index is 0.0615. The van der Waals surface area contributed by atoms with E-state index in [1.807, 2.05) is 45.0 Å². The first-order chi connectivity index (χ1) is 18.0. The molecular formula is C29H36N2O7. The summed E-state index contributed by atoms with van der Waals surface area (Å²) in [5.74, 6) is 0.940. The summed E-state index contributed by atoms with van der Waals surface area (Å²) in [5, 5.41) is 9.09. The minimum Gasteiger partial charge on any atom is -0.493 e. The van der Waals surface area contributed by atoms with Crippen LogP contribution in [0.4, 0.5) is 0 Å². The van der Waals surface area contributed by atoms with E-state index < -0.39 is 18.0 Å². The summed E-state index contributed by atoms with van der Waals surface area (Å²) in [4.78, 5) is 28.2. The van der Waals surface area contributed by atoms with Crippen LogP contribution >= 0.6 is 0 Å². The van der Waals surface area contributed by atoms with Gasteiger partial charge in [0.05, 0.1) is 24.5 Å². The Morgan fingerprint density at radius 1 is 1.03 bits per heavy atom. The van der Waals surface area contributed by atoms with Crippen LogP contribution < -0.4 is 15.2 Å². The van der Waals surface area contributed by atoms with E-state index in [2.05, 4.69) is 4.98 Å². The highest BCUT2D eigenvalue weighted by Gasteiger charge is 2.23. The van der Waals surface area contributed by atoms with Gasteiger partial charge in [-0.05, 0) is 82.5 Å². The van der Waals surface area contributed by atoms with E-state index in [1.54, 1.807) is 32.0 Å². The Hall–Kier alpha value is -3.85. The van der Waals surface area contributed by atoms with E-state index in [1.165, 1.54) is 0 Å². The molecule has 38 heavy (non-hydrogen) atoms. The van der Waals surface area contributed by atoms with Crippen molar-refractivity contribution in [3.05, 3.63) is 65.0 Å². The molecule has 3 N–H and O–H groups in total. The van der Waals surface area contributed by atoms with Gasteiger partial charge in [0, 0.05) is 18.4 Å². The standard InChI is InChI=1S/C29H36N2O7/c1-17(2)36-23-8-6-7-21(15-23)28-31-25(19(5)38-28)13-14-35-22-11-9-20(10-12-26(32)33)24(16-22)27(30)29(34)37-18(3)4/h6-9,11,15-18,27H,10,12-14,30H2,1-5H3,(H,32,33). The van der Waals surface area contributed by atoms with Gasteiger partial charge >= 0.3 is 11.9 Å². The van der Waals surface area contributed by atoms with E-state index >= 15 is 0 Å². The van der Waals surface area contributed by atoms with Gasteiger partial charge in [0.15, 0.2) is 0 Å². The number of carboxylic acids is 1. The molecule has 0 aliphatic rings. The molecule has 3 rings (SSSR count). The average Bonchev–Trinajstić information content (AvgIpc) is 3.22. The molecular weight excluding hydrogens is 488 g/mol. The number of ether oxygens (including phenoxy) is 3. The zero-order chi connectivity index (χ0) is 27.8. The highest BCUT2D eigenvalue weighted by molar-refractivity contribution is 5.78. The van der Waals surface area contributed by atoms with Gasteiger partial charge in [-0.25, -0.2) is 9.78 Å². The first-order valence-electron chi connectivity index (χ1n) is 12.7. The molecule has 0 saturated heterocycles. The highest BCUT2D eigenvalue weighted by atomic mass is 16.5. The number of hydrogen-bond acceptors (Lipinski definition) is 8. The fourth-order valence-corrected chi connectivity index (χ4v) is 3.88. The van der Waals surface area contributed by atoms with Crippen LogP contribution in [0.25, 0.3) is 11.5 Å². The van der Waals surface area contributed by atoms with Crippen LogP contribution in [0.1, 0.15) is 62.7 Å². The molecule has 3 aromatic rings. The summed E-state index contributed by atoms with van der Waals surface area (Å²) >= 11 is 0. The normalized spacial score (nSPS) is 12.0. The minimum atomic E-state index is -1.06. The number of aliphatic carboxylic acids is 1. The van der Waals surface area contributed by atoms with E-state index in [0.29, 0.717) is 41.6 Å². The van der Waals surface area contributed by atoms with E-state index in [0.717, 1.165) is 17.0 Å². The zero-order valence-electron chi connectivity index (χ0n) is 22.5. The fourth-order valence-electron chi connectivity index (χ4n) is 3.88. The maximum Gasteiger partial charge on any atom is 0.327 e. The number of carbonyl (C=O) groups excluding carboxylic acids is 1. The number of benzene rings is 2. The first kappa shape index (κ1) is 28.7. The second-order valence-electron chi connectivity index (χ2n) is 9.53. The molecule has 0 fully saturated rings. The Balaban J connectivity index is 1.71. The lowest BCUT2D eigenvalue weighted by Crippen LogP contribution is -2.27. The van der Waals surface area contributed by atoms with Gasteiger partial charge in [-0.2, -0.15) is 0 Å². The van der Waals surface area contributed by atoms with Crippen molar-refractivity contribution >= 4 is 11.9 Å². The topological polar surface area (TPSA) is 134 Å². The van der Waals surface area contributed by atoms with Crippen LogP contribution in [0, 0.1) is 6.92 Å². The van der Waals surface area contributed by atoms with Crippen molar-refractivity contribution in [2.75, 3.05) is 6.61 Å². The molecule has 0 aliphatic heterocycles. The van der Waals surface area contributed by atoms with Crippen LogP contribution in [-0.2, 0) is 27.2 Å². The van der Waals surface area contributed by atoms with Gasteiger partial charge in [-0.3, -0.25) is 4.79 Å². The quantitative estimate of drug-likeness (QED) is 0.295. The Labute approximate surface area is 222 Å². The molecule has 2 aromatic carbocycles. The monoisotopic (exact) mass is 524 g/mol. The molecule has 9 nitrogen and oxygen atoms in total. The molecule has 9 heteroatoms. The molecule has 1 atom stereocenters. The Morgan fingerprint density at radius 2 is 1.79 bits per heavy atom. The van der Waals surface area contributed by atoms with Crippen molar-refractivity contribution in [2.24, 2.45) is 5.73 Å². The number of oxazole rings is 1. The van der Waals surface area contributed by atoms with Crippen LogP contribution in [-0.4, -0.2) is 40.8 Å². The largest absolute Gasteiger partial charge is 0.493 e. The van der Waals surface area contributed by atoms with Crippen LogP contribution in [0.5, 0.6) is 11.5 Å². The van der Waals surface area contributed by atoms with Crippen LogP contribution in [0.3, 0.4) is 0 Å². The number of hydrogen-bond donors (Lipinski definition) is 2. The molecule has 0 aliphatic carbocycles. The van der Waals surface area contributed by atoms with Crippen LogP contribution in [0.15, 0.2) is 46.9 Å². The third kappa shape index (κ3) is 8.08. The van der Waals surface area contributed by atoms with Crippen molar-refractivity contribution in [1.29, 1.82) is 0 Å². The SMILES string of the molecule is Cc1oc(-c2cccc(OC(C)C)c2)nc1CCOc1ccc(CCC(=O)O)c(C(N)C(=O)OC(C)C)c1. The van der Waals surface area contributed by atoms with Crippen molar-refractivity contribution in [3.8, 4) is 23.0 Å². The number of rotatable bonds is 13. The lowest BCUT2D eigenvalue weighted by molar-refractivity contribution is -0.149. The summed E-state index contributed by atoms with van der Waals surface area (Å²) in [7, 11) is 0. The number of aromatic nitrogens is 1. The number of nitrogens with two attached hydrogens (primary N) is 1. The predicted octanol–water partition coefficient (Wildman–Crippen LogP) is 5.03. The summed E-state index contributed by atoms with van der Waals surface area (Å²) < 4.78 is 22.9. The second-order valence-corrected chi connectivity index (χ2v) is 9.53. The van der Waals surface area contributed by atoms with Crippen LogP contribution in [0.2, 0.25) is 0 Å². The molecule has 0 bridgehead atoms. The van der Waals surface area contributed by atoms with Gasteiger partial charge in [0.2, 0.25) is 5.89 Å². The molecule has 0 saturated carbocycles. The predicted molar refractivity (Wildman–Crippen MR) is 142 cm³/mol. The number of nitrogens with zero attached hydrogens (tertiary/aromatic N) is 1. The number of carbonyl (C=O) groups is 2. The van der Waals surface area contributed by atoms with E-state index in [9.17, 15) is 9.59 Å². The number of aryl methyl sites for hydroxylation is 2. The van der Waals surface area contributed by atoms with Crippen molar-refractivity contribution in [2.45, 2.75) is 72.1 Å². The van der Waals surface area contributed by atoms with Gasteiger partial charge in [-0.15, -0.1) is 0 Å². The molecule has 0 amide bonds. The fraction of sp³-hybridized carbons (Fsp3) is 0.414. The summed E-state index contributed by atoms with van der Waals surface area (Å²) in [6.07, 6.45) is 0.384. The lowest BCUT2D eigenvalue weighted by atomic mass is 9.97. The number of carboxylic acid groups (broad SMARTS) is 1. The van der Waals surface area contributed by atoms with Gasteiger partial charge in [0.25, 0.3) is 0 Å². The number of esters is 1. The summed E-state index contributed by atoms with van der Waals surface area (Å²) in [6, 6.07) is 11.7. The molecule has 0 radical (unpaired) electrons. The van der Waals surface area contributed by atoms with Crippen molar-refractivity contribution < 1.29 is 33.3 Å². The Morgan fingerprint density at radius 3 is 2.47 bits per heavy atom. The summed E-state index contributed by atoms with van der Waals surface area (Å²) in [6.45, 7) is 9.58. The smallest absolute Gasteiger partial charge is 0.327 e. The maximum atomic E-state index is 12.5. The van der Waals surface area contributed by atoms with E-state index in [-0.39, 0.29) is 25.0 Å². The van der Waals surface area contributed by atoms with Crippen molar-refractivity contribution in [1.82, 2.24) is 4.98 Å². The molecule has 1 heterocycles. The maximum absolute atomic E-state index is 12.5. The molecule has 1 aromatic heterocycles. The van der Waals surface area contributed by atoms with Gasteiger partial charge < -0.3 is 29.5 Å². The average molecular weight is 525 g/mol. The molecule has 1 unspecified atom stereocenters. The Kier molecular flexibility index (Phi) is 9.90. The third-order valence-corrected chi connectivity index (χ3v) is 5.62. The summed E-state index contributed by atoms with van der Waals surface area (Å²) in [5.41, 5.74) is 8.92. The highest BCUT2D eigenvalue weighted by Crippen LogP contribution is 2.27. The Bertz CT molecular complexity index is 1250. The zero-order valence-corrected chi connectivity index (χ0v) is 22.5. The lowest BCUT2D eigenvalue weighted by Gasteiger charge is -2.18.